The summed E-state index contributed by atoms with van der Waals surface area (Å²) >= 11 is 0. The standard InChI is InChI=1S/C16H24O4/c1-11-12(2)16(18-3)20-14(9-17)15(11)19-10-13-7-5-4-6-8-13/h4-8,11-12,14-17H,9-10H2,1-3H3/t11-,12+,14-,15+,16+/m1/s1. The third-order valence-corrected chi connectivity index (χ3v) is 4.15. The minimum atomic E-state index is -0.338. The number of hydrogen-bond donors (Lipinski definition) is 1. The van der Waals surface area contributed by atoms with Crippen molar-refractivity contribution < 1.29 is 19.3 Å². The summed E-state index contributed by atoms with van der Waals surface area (Å²) < 4.78 is 17.1. The Morgan fingerprint density at radius 2 is 1.85 bits per heavy atom. The second-order valence-electron chi connectivity index (χ2n) is 5.44. The molecule has 4 heteroatoms. The molecule has 1 N–H and O–H groups in total. The molecule has 0 bridgehead atoms. The summed E-state index contributed by atoms with van der Waals surface area (Å²) in [7, 11) is 1.63. The second-order valence-corrected chi connectivity index (χ2v) is 5.44. The molecule has 1 heterocycles. The molecule has 1 saturated heterocycles. The van der Waals surface area contributed by atoms with Crippen molar-refractivity contribution in [1.29, 1.82) is 0 Å². The largest absolute Gasteiger partial charge is 0.394 e. The van der Waals surface area contributed by atoms with Gasteiger partial charge in [-0.05, 0) is 11.5 Å². The smallest absolute Gasteiger partial charge is 0.160 e. The van der Waals surface area contributed by atoms with Crippen LogP contribution in [0, 0.1) is 11.8 Å². The summed E-state index contributed by atoms with van der Waals surface area (Å²) in [5.41, 5.74) is 1.12. The van der Waals surface area contributed by atoms with Gasteiger partial charge in [0.05, 0.1) is 19.3 Å². The van der Waals surface area contributed by atoms with Gasteiger partial charge in [0, 0.05) is 13.0 Å². The summed E-state index contributed by atoms with van der Waals surface area (Å²) in [4.78, 5) is 0. The van der Waals surface area contributed by atoms with E-state index in [-0.39, 0.29) is 36.9 Å². The van der Waals surface area contributed by atoms with Gasteiger partial charge in [0.2, 0.25) is 0 Å². The van der Waals surface area contributed by atoms with Crippen molar-refractivity contribution in [3.05, 3.63) is 35.9 Å². The van der Waals surface area contributed by atoms with E-state index in [1.54, 1.807) is 7.11 Å². The van der Waals surface area contributed by atoms with Gasteiger partial charge in [-0.3, -0.25) is 0 Å². The molecule has 112 valence electrons. The van der Waals surface area contributed by atoms with Crippen LogP contribution in [0.25, 0.3) is 0 Å². The Labute approximate surface area is 120 Å². The molecule has 0 saturated carbocycles. The number of aliphatic hydroxyl groups excluding tert-OH is 1. The number of benzene rings is 1. The molecule has 0 aliphatic carbocycles. The van der Waals surface area contributed by atoms with E-state index in [9.17, 15) is 5.11 Å². The quantitative estimate of drug-likeness (QED) is 0.898. The van der Waals surface area contributed by atoms with Crippen LogP contribution in [0.3, 0.4) is 0 Å². The number of aliphatic hydroxyl groups is 1. The van der Waals surface area contributed by atoms with Crippen molar-refractivity contribution in [2.45, 2.75) is 39.0 Å². The highest BCUT2D eigenvalue weighted by Gasteiger charge is 2.42. The Balaban J connectivity index is 2.01. The molecule has 0 spiro atoms. The SMILES string of the molecule is CO[C@H]1O[C@H](CO)[C@@H](OCc2ccccc2)[C@H](C)[C@@H]1C. The highest BCUT2D eigenvalue weighted by atomic mass is 16.7. The minimum Gasteiger partial charge on any atom is -0.394 e. The summed E-state index contributed by atoms with van der Waals surface area (Å²) in [6.07, 6.45) is -0.741. The van der Waals surface area contributed by atoms with Crippen LogP contribution in [0.2, 0.25) is 0 Å². The maximum absolute atomic E-state index is 9.52. The Morgan fingerprint density at radius 3 is 2.45 bits per heavy atom. The molecule has 5 atom stereocenters. The summed E-state index contributed by atoms with van der Waals surface area (Å²) in [5.74, 6) is 0.484. The first-order valence-corrected chi connectivity index (χ1v) is 7.12. The lowest BCUT2D eigenvalue weighted by Crippen LogP contribution is -2.52. The highest BCUT2D eigenvalue weighted by Crippen LogP contribution is 2.33. The number of ether oxygens (including phenoxy) is 3. The van der Waals surface area contributed by atoms with Crippen LogP contribution in [-0.2, 0) is 20.8 Å². The lowest BCUT2D eigenvalue weighted by atomic mass is 9.84. The van der Waals surface area contributed by atoms with Crippen LogP contribution in [0.5, 0.6) is 0 Å². The first-order valence-electron chi connectivity index (χ1n) is 7.12. The second kappa shape index (κ2) is 7.18. The van der Waals surface area contributed by atoms with E-state index in [1.807, 2.05) is 30.3 Å². The molecular formula is C16H24O4. The number of methoxy groups -OCH3 is 1. The molecule has 0 unspecified atom stereocenters. The van der Waals surface area contributed by atoms with Gasteiger partial charge in [0.25, 0.3) is 0 Å². The van der Waals surface area contributed by atoms with Crippen LogP contribution in [0.1, 0.15) is 19.4 Å². The van der Waals surface area contributed by atoms with E-state index < -0.39 is 0 Å². The maximum Gasteiger partial charge on any atom is 0.160 e. The molecule has 4 nitrogen and oxygen atoms in total. The summed E-state index contributed by atoms with van der Waals surface area (Å²) in [5, 5.41) is 9.52. The van der Waals surface area contributed by atoms with Crippen LogP contribution in [0.4, 0.5) is 0 Å². The van der Waals surface area contributed by atoms with Gasteiger partial charge in [-0.25, -0.2) is 0 Å². The van der Waals surface area contributed by atoms with Crippen molar-refractivity contribution in [3.63, 3.8) is 0 Å². The Bertz CT molecular complexity index is 393. The van der Waals surface area contributed by atoms with Gasteiger partial charge in [-0.15, -0.1) is 0 Å². The first-order chi connectivity index (χ1) is 9.67. The zero-order chi connectivity index (χ0) is 14.5. The van der Waals surface area contributed by atoms with Crippen LogP contribution in [0.15, 0.2) is 30.3 Å². The fourth-order valence-electron chi connectivity index (χ4n) is 2.70. The molecule has 0 amide bonds. The van der Waals surface area contributed by atoms with Gasteiger partial charge in [-0.2, -0.15) is 0 Å². The van der Waals surface area contributed by atoms with E-state index in [0.717, 1.165) is 5.56 Å². The number of hydrogen-bond acceptors (Lipinski definition) is 4. The third-order valence-electron chi connectivity index (χ3n) is 4.15. The van der Waals surface area contributed by atoms with Crippen molar-refractivity contribution in [2.75, 3.05) is 13.7 Å². The van der Waals surface area contributed by atoms with Gasteiger partial charge in [-0.1, -0.05) is 44.2 Å². The van der Waals surface area contributed by atoms with Gasteiger partial charge < -0.3 is 19.3 Å². The molecule has 0 aromatic heterocycles. The van der Waals surface area contributed by atoms with Gasteiger partial charge in [0.15, 0.2) is 6.29 Å². The first kappa shape index (κ1) is 15.4. The lowest BCUT2D eigenvalue weighted by molar-refractivity contribution is -0.270. The molecule has 20 heavy (non-hydrogen) atoms. The third kappa shape index (κ3) is 3.38. The monoisotopic (exact) mass is 280 g/mol. The minimum absolute atomic E-state index is 0.0592. The van der Waals surface area contributed by atoms with Gasteiger partial charge in [0.1, 0.15) is 6.10 Å². The van der Waals surface area contributed by atoms with Crippen molar-refractivity contribution in [1.82, 2.24) is 0 Å². The predicted octanol–water partition coefficient (Wildman–Crippen LogP) is 2.21. The van der Waals surface area contributed by atoms with E-state index >= 15 is 0 Å². The topological polar surface area (TPSA) is 47.9 Å². The predicted molar refractivity (Wildman–Crippen MR) is 76.1 cm³/mol. The Morgan fingerprint density at radius 1 is 1.15 bits per heavy atom. The summed E-state index contributed by atoms with van der Waals surface area (Å²) in [6, 6.07) is 10.0. The molecule has 2 rings (SSSR count). The molecule has 1 fully saturated rings. The Hall–Kier alpha value is -0.940. The molecule has 0 radical (unpaired) electrons. The Kier molecular flexibility index (Phi) is 5.54. The van der Waals surface area contributed by atoms with E-state index in [1.165, 1.54) is 0 Å². The summed E-state index contributed by atoms with van der Waals surface area (Å²) in [6.45, 7) is 4.68. The molecule has 1 aromatic rings. The zero-order valence-corrected chi connectivity index (χ0v) is 12.4. The van der Waals surface area contributed by atoms with E-state index in [4.69, 9.17) is 14.2 Å². The fourth-order valence-corrected chi connectivity index (χ4v) is 2.70. The van der Waals surface area contributed by atoms with Crippen molar-refractivity contribution in [3.8, 4) is 0 Å². The fraction of sp³-hybridized carbons (Fsp3) is 0.625. The normalized spacial score (nSPS) is 34.1. The van der Waals surface area contributed by atoms with E-state index in [2.05, 4.69) is 13.8 Å². The zero-order valence-electron chi connectivity index (χ0n) is 12.4. The molecule has 1 aliphatic rings. The average Bonchev–Trinajstić information content (AvgIpc) is 2.49. The molecule has 1 aromatic carbocycles. The van der Waals surface area contributed by atoms with Crippen LogP contribution in [-0.4, -0.2) is 37.3 Å². The lowest BCUT2D eigenvalue weighted by Gasteiger charge is -2.43. The van der Waals surface area contributed by atoms with Gasteiger partial charge >= 0.3 is 0 Å². The van der Waals surface area contributed by atoms with Crippen molar-refractivity contribution in [2.24, 2.45) is 11.8 Å². The maximum atomic E-state index is 9.52. The van der Waals surface area contributed by atoms with Crippen LogP contribution < -0.4 is 0 Å². The average molecular weight is 280 g/mol. The van der Waals surface area contributed by atoms with Crippen molar-refractivity contribution >= 4 is 0 Å². The number of rotatable bonds is 5. The van der Waals surface area contributed by atoms with Crippen LogP contribution >= 0.6 is 0 Å². The molecular weight excluding hydrogens is 256 g/mol. The highest BCUT2D eigenvalue weighted by molar-refractivity contribution is 5.13. The molecule has 1 aliphatic heterocycles. The van der Waals surface area contributed by atoms with E-state index in [0.29, 0.717) is 6.61 Å².